The maximum Gasteiger partial charge on any atom is 0.0919 e. The largest absolute Gasteiger partial charge is 0.398 e. The second-order valence-corrected chi connectivity index (χ2v) is 5.83. The van der Waals surface area contributed by atoms with Gasteiger partial charge < -0.3 is 5.73 Å². The molecule has 3 aromatic rings. The number of fused-ring (bicyclic) bond motifs is 1. The van der Waals surface area contributed by atoms with Crippen LogP contribution in [-0.2, 0) is 0 Å². The van der Waals surface area contributed by atoms with E-state index in [0.717, 1.165) is 21.6 Å². The molecule has 0 amide bonds. The first-order valence-electron chi connectivity index (χ1n) is 6.41. The van der Waals surface area contributed by atoms with Crippen molar-refractivity contribution in [1.82, 2.24) is 4.37 Å². The molecule has 1 heterocycles. The zero-order valence-electron chi connectivity index (χ0n) is 11.1. The number of anilines is 1. The van der Waals surface area contributed by atoms with Crippen LogP contribution in [0.4, 0.5) is 5.69 Å². The van der Waals surface area contributed by atoms with Crippen LogP contribution >= 0.6 is 11.5 Å². The van der Waals surface area contributed by atoms with Crippen molar-refractivity contribution < 1.29 is 0 Å². The maximum atomic E-state index is 6.11. The number of hydrogen-bond acceptors (Lipinski definition) is 3. The van der Waals surface area contributed by atoms with E-state index in [2.05, 4.69) is 42.5 Å². The van der Waals surface area contributed by atoms with Gasteiger partial charge in [0.2, 0.25) is 0 Å². The van der Waals surface area contributed by atoms with Crippen molar-refractivity contribution in [1.29, 1.82) is 0 Å². The minimum Gasteiger partial charge on any atom is -0.398 e. The molecule has 0 spiro atoms. The van der Waals surface area contributed by atoms with Crippen molar-refractivity contribution >= 4 is 27.3 Å². The Hall–Kier alpha value is -1.87. The second-order valence-electron chi connectivity index (χ2n) is 5.03. The molecule has 0 saturated heterocycles. The van der Waals surface area contributed by atoms with E-state index >= 15 is 0 Å². The Morgan fingerprint density at radius 2 is 1.84 bits per heavy atom. The monoisotopic (exact) mass is 268 g/mol. The molecule has 0 atom stereocenters. The van der Waals surface area contributed by atoms with E-state index in [1.54, 1.807) is 0 Å². The van der Waals surface area contributed by atoms with Crippen LogP contribution in [0.15, 0.2) is 42.5 Å². The zero-order valence-corrected chi connectivity index (χ0v) is 11.9. The van der Waals surface area contributed by atoms with Crippen LogP contribution in [0.5, 0.6) is 0 Å². The van der Waals surface area contributed by atoms with Gasteiger partial charge in [0.15, 0.2) is 0 Å². The maximum absolute atomic E-state index is 6.11. The van der Waals surface area contributed by atoms with E-state index in [1.165, 1.54) is 22.5 Å². The van der Waals surface area contributed by atoms with Gasteiger partial charge in [-0.15, -0.1) is 0 Å². The number of nitrogens with zero attached hydrogens (tertiary/aromatic N) is 1. The van der Waals surface area contributed by atoms with Crippen LogP contribution in [0.3, 0.4) is 0 Å². The molecule has 0 unspecified atom stereocenters. The number of hydrogen-bond donors (Lipinski definition) is 1. The minimum absolute atomic E-state index is 0.424. The molecule has 0 radical (unpaired) electrons. The van der Waals surface area contributed by atoms with Crippen LogP contribution in [-0.4, -0.2) is 4.37 Å². The predicted octanol–water partition coefficient (Wildman–Crippen LogP) is 4.67. The summed E-state index contributed by atoms with van der Waals surface area (Å²) in [6.07, 6.45) is 0. The topological polar surface area (TPSA) is 38.9 Å². The van der Waals surface area contributed by atoms with E-state index in [-0.39, 0.29) is 0 Å². The van der Waals surface area contributed by atoms with E-state index in [4.69, 9.17) is 5.73 Å². The van der Waals surface area contributed by atoms with Gasteiger partial charge in [-0.1, -0.05) is 44.2 Å². The predicted molar refractivity (Wildman–Crippen MR) is 83.6 cm³/mol. The molecule has 2 aromatic carbocycles. The highest BCUT2D eigenvalue weighted by Crippen LogP contribution is 2.35. The third-order valence-electron chi connectivity index (χ3n) is 3.34. The van der Waals surface area contributed by atoms with Gasteiger partial charge in [-0.05, 0) is 35.1 Å². The molecule has 96 valence electrons. The molecule has 1 aromatic heterocycles. The first-order valence-corrected chi connectivity index (χ1v) is 7.18. The zero-order chi connectivity index (χ0) is 13.4. The van der Waals surface area contributed by atoms with E-state index < -0.39 is 0 Å². The lowest BCUT2D eigenvalue weighted by Crippen LogP contribution is -1.95. The van der Waals surface area contributed by atoms with Gasteiger partial charge >= 0.3 is 0 Å². The fraction of sp³-hybridized carbons (Fsp3) is 0.188. The highest BCUT2D eigenvalue weighted by Gasteiger charge is 2.12. The van der Waals surface area contributed by atoms with Crippen molar-refractivity contribution in [3.05, 3.63) is 48.0 Å². The van der Waals surface area contributed by atoms with Gasteiger partial charge in [0, 0.05) is 16.6 Å². The minimum atomic E-state index is 0.424. The highest BCUT2D eigenvalue weighted by atomic mass is 32.1. The van der Waals surface area contributed by atoms with Crippen molar-refractivity contribution in [2.45, 2.75) is 19.8 Å². The van der Waals surface area contributed by atoms with Crippen molar-refractivity contribution in [3.8, 4) is 11.3 Å². The number of nitrogens with two attached hydrogens (primary N) is 1. The second kappa shape index (κ2) is 4.67. The number of benzene rings is 2. The third-order valence-corrected chi connectivity index (χ3v) is 4.15. The SMILES string of the molecule is CC(C)c1cc2c(-c3ccccc3)nsc2cc1N. The summed E-state index contributed by atoms with van der Waals surface area (Å²) in [5, 5.41) is 1.20. The molecule has 0 aliphatic heterocycles. The molecular formula is C16H16N2S. The summed E-state index contributed by atoms with van der Waals surface area (Å²) in [5.41, 5.74) is 10.4. The van der Waals surface area contributed by atoms with Gasteiger partial charge in [0.1, 0.15) is 0 Å². The Morgan fingerprint density at radius 3 is 2.53 bits per heavy atom. The lowest BCUT2D eigenvalue weighted by Gasteiger charge is -2.09. The van der Waals surface area contributed by atoms with E-state index in [0.29, 0.717) is 5.92 Å². The normalized spacial score (nSPS) is 11.3. The molecule has 0 saturated carbocycles. The third kappa shape index (κ3) is 2.10. The van der Waals surface area contributed by atoms with Crippen molar-refractivity contribution in [2.75, 3.05) is 5.73 Å². The first-order chi connectivity index (χ1) is 9.16. The summed E-state index contributed by atoms with van der Waals surface area (Å²) in [7, 11) is 0. The molecule has 0 bridgehead atoms. The standard InChI is InChI=1S/C16H16N2S/c1-10(2)12-8-13-15(9-14(12)17)19-18-16(13)11-6-4-3-5-7-11/h3-10H,17H2,1-2H3. The number of aromatic nitrogens is 1. The lowest BCUT2D eigenvalue weighted by molar-refractivity contribution is 0.872. The first kappa shape index (κ1) is 12.2. The molecular weight excluding hydrogens is 252 g/mol. The van der Waals surface area contributed by atoms with Gasteiger partial charge in [0.05, 0.1) is 10.4 Å². The quantitative estimate of drug-likeness (QED) is 0.686. The molecule has 3 heteroatoms. The Kier molecular flexibility index (Phi) is 2.99. The van der Waals surface area contributed by atoms with Crippen LogP contribution in [0.25, 0.3) is 21.3 Å². The summed E-state index contributed by atoms with van der Waals surface area (Å²) in [4.78, 5) is 0. The molecule has 0 fully saturated rings. The van der Waals surface area contributed by atoms with Crippen molar-refractivity contribution in [2.24, 2.45) is 0 Å². The van der Waals surface area contributed by atoms with Gasteiger partial charge in [0.25, 0.3) is 0 Å². The smallest absolute Gasteiger partial charge is 0.0919 e. The van der Waals surface area contributed by atoms with E-state index in [1.807, 2.05) is 18.2 Å². The average Bonchev–Trinajstić information content (AvgIpc) is 2.81. The molecule has 0 aliphatic rings. The summed E-state index contributed by atoms with van der Waals surface area (Å²) in [5.74, 6) is 0.424. The molecule has 2 N–H and O–H groups in total. The molecule has 0 aliphatic carbocycles. The lowest BCUT2D eigenvalue weighted by atomic mass is 9.98. The van der Waals surface area contributed by atoms with Crippen molar-refractivity contribution in [3.63, 3.8) is 0 Å². The fourth-order valence-corrected chi connectivity index (χ4v) is 3.15. The Bertz CT molecular complexity index is 714. The average molecular weight is 268 g/mol. The molecule has 3 rings (SSSR count). The number of nitrogen functional groups attached to an aromatic ring is 1. The molecule has 2 nitrogen and oxygen atoms in total. The summed E-state index contributed by atoms with van der Waals surface area (Å²) in [6.45, 7) is 4.33. The fourth-order valence-electron chi connectivity index (χ4n) is 2.32. The summed E-state index contributed by atoms with van der Waals surface area (Å²) in [6, 6.07) is 14.5. The van der Waals surface area contributed by atoms with Crippen LogP contribution < -0.4 is 5.73 Å². The Labute approximate surface area is 117 Å². The van der Waals surface area contributed by atoms with Crippen LogP contribution in [0.1, 0.15) is 25.3 Å². The van der Waals surface area contributed by atoms with E-state index in [9.17, 15) is 0 Å². The number of rotatable bonds is 2. The molecule has 19 heavy (non-hydrogen) atoms. The summed E-state index contributed by atoms with van der Waals surface area (Å²) >= 11 is 1.51. The van der Waals surface area contributed by atoms with Crippen LogP contribution in [0, 0.1) is 0 Å². The van der Waals surface area contributed by atoms with Gasteiger partial charge in [-0.3, -0.25) is 0 Å². The Balaban J connectivity index is 2.25. The Morgan fingerprint density at radius 1 is 1.11 bits per heavy atom. The van der Waals surface area contributed by atoms with Gasteiger partial charge in [-0.2, -0.15) is 4.37 Å². The highest BCUT2D eigenvalue weighted by molar-refractivity contribution is 7.13. The van der Waals surface area contributed by atoms with Crippen LogP contribution in [0.2, 0.25) is 0 Å². The summed E-state index contributed by atoms with van der Waals surface area (Å²) < 4.78 is 5.75. The van der Waals surface area contributed by atoms with Gasteiger partial charge in [-0.25, -0.2) is 0 Å².